The van der Waals surface area contributed by atoms with Crippen LogP contribution in [0.2, 0.25) is 0 Å². The molecule has 1 atom stereocenters. The van der Waals surface area contributed by atoms with E-state index >= 15 is 0 Å². The molecule has 6 heteroatoms. The van der Waals surface area contributed by atoms with Crippen molar-refractivity contribution in [3.05, 3.63) is 59.8 Å². The minimum Gasteiger partial charge on any atom is -0.357 e. The van der Waals surface area contributed by atoms with Crippen LogP contribution < -0.4 is 15.5 Å². The van der Waals surface area contributed by atoms with Gasteiger partial charge in [-0.15, -0.1) is 0 Å². The van der Waals surface area contributed by atoms with Crippen molar-refractivity contribution in [2.45, 2.75) is 26.3 Å². The number of likely N-dealkylation sites (N-methyl/N-ethyl adjacent to an activating group) is 1. The first-order valence-electron chi connectivity index (χ1n) is 10.6. The van der Waals surface area contributed by atoms with Crippen molar-refractivity contribution in [3.8, 4) is 0 Å². The molecule has 1 aliphatic rings. The van der Waals surface area contributed by atoms with E-state index in [-0.39, 0.29) is 0 Å². The molecule has 29 heavy (non-hydrogen) atoms. The molecule has 1 aliphatic heterocycles. The molecule has 0 spiro atoms. The maximum atomic E-state index is 4.79. The fourth-order valence-electron chi connectivity index (χ4n) is 3.43. The van der Waals surface area contributed by atoms with Gasteiger partial charge in [-0.3, -0.25) is 0 Å². The van der Waals surface area contributed by atoms with Gasteiger partial charge in [0.05, 0.1) is 6.54 Å². The van der Waals surface area contributed by atoms with Gasteiger partial charge >= 0.3 is 0 Å². The van der Waals surface area contributed by atoms with Crippen molar-refractivity contribution in [2.24, 2.45) is 4.99 Å². The van der Waals surface area contributed by atoms with Crippen LogP contribution >= 0.6 is 0 Å². The van der Waals surface area contributed by atoms with Crippen LogP contribution in [0.15, 0.2) is 53.7 Å². The Morgan fingerprint density at radius 1 is 1.10 bits per heavy atom. The zero-order chi connectivity index (χ0) is 20.5. The second-order valence-electron chi connectivity index (χ2n) is 7.70. The van der Waals surface area contributed by atoms with E-state index in [2.05, 4.69) is 88.8 Å². The van der Waals surface area contributed by atoms with Crippen molar-refractivity contribution in [3.63, 3.8) is 0 Å². The van der Waals surface area contributed by atoms with E-state index in [9.17, 15) is 0 Å². The average Bonchev–Trinajstić information content (AvgIpc) is 2.77. The summed E-state index contributed by atoms with van der Waals surface area (Å²) in [5, 5.41) is 6.83. The molecule has 1 saturated heterocycles. The van der Waals surface area contributed by atoms with Crippen LogP contribution in [0, 0.1) is 0 Å². The van der Waals surface area contributed by atoms with Gasteiger partial charge in [0.2, 0.25) is 0 Å². The Kier molecular flexibility index (Phi) is 7.87. The normalized spacial score (nSPS) is 16.5. The Balaban J connectivity index is 1.59. The number of benzene rings is 1. The van der Waals surface area contributed by atoms with Crippen molar-refractivity contribution in [2.75, 3.05) is 51.2 Å². The molecule has 0 aliphatic carbocycles. The minimum absolute atomic E-state index is 0.421. The predicted molar refractivity (Wildman–Crippen MR) is 122 cm³/mol. The van der Waals surface area contributed by atoms with Crippen molar-refractivity contribution >= 4 is 11.8 Å². The fraction of sp³-hybridized carbons (Fsp3) is 0.478. The summed E-state index contributed by atoms with van der Waals surface area (Å²) in [7, 11) is 2.17. The van der Waals surface area contributed by atoms with E-state index in [0.717, 1.165) is 51.0 Å². The summed E-state index contributed by atoms with van der Waals surface area (Å²) >= 11 is 0. The first kappa shape index (κ1) is 21.1. The van der Waals surface area contributed by atoms with E-state index in [1.165, 1.54) is 11.1 Å². The molecule has 0 amide bonds. The van der Waals surface area contributed by atoms with Gasteiger partial charge in [0.25, 0.3) is 0 Å². The Bertz CT molecular complexity index is 768. The summed E-state index contributed by atoms with van der Waals surface area (Å²) in [6, 6.07) is 14.8. The molecular weight excluding hydrogens is 360 g/mol. The second-order valence-corrected chi connectivity index (χ2v) is 7.70. The number of rotatable bonds is 7. The summed E-state index contributed by atoms with van der Waals surface area (Å²) in [5.41, 5.74) is 2.52. The lowest BCUT2D eigenvalue weighted by Crippen LogP contribution is -2.44. The fourth-order valence-corrected chi connectivity index (χ4v) is 3.43. The SMILES string of the molecule is CCNC(=NCc1ccnc(N2CCN(C)CC2)c1)NCC(C)c1ccccc1. The maximum Gasteiger partial charge on any atom is 0.191 e. The van der Waals surface area contributed by atoms with E-state index in [4.69, 9.17) is 4.99 Å². The summed E-state index contributed by atoms with van der Waals surface area (Å²) in [5.74, 6) is 2.33. The molecule has 156 valence electrons. The third-order valence-corrected chi connectivity index (χ3v) is 5.35. The molecule has 2 N–H and O–H groups in total. The monoisotopic (exact) mass is 394 g/mol. The summed E-state index contributed by atoms with van der Waals surface area (Å²) < 4.78 is 0. The molecule has 1 fully saturated rings. The molecule has 2 heterocycles. The Morgan fingerprint density at radius 3 is 2.59 bits per heavy atom. The number of nitrogens with one attached hydrogen (secondary N) is 2. The van der Waals surface area contributed by atoms with Gasteiger partial charge in [0, 0.05) is 45.5 Å². The average molecular weight is 395 g/mol. The van der Waals surface area contributed by atoms with E-state index in [0.29, 0.717) is 12.5 Å². The molecule has 1 aromatic carbocycles. The van der Waals surface area contributed by atoms with E-state index in [1.807, 2.05) is 6.20 Å². The summed E-state index contributed by atoms with van der Waals surface area (Å²) in [6.07, 6.45) is 1.90. The lowest BCUT2D eigenvalue weighted by atomic mass is 10.0. The highest BCUT2D eigenvalue weighted by Gasteiger charge is 2.15. The molecule has 0 bridgehead atoms. The zero-order valence-electron chi connectivity index (χ0n) is 17.9. The third kappa shape index (κ3) is 6.46. The zero-order valence-corrected chi connectivity index (χ0v) is 17.9. The molecule has 1 aromatic heterocycles. The van der Waals surface area contributed by atoms with Crippen LogP contribution in [0.4, 0.5) is 5.82 Å². The Labute approximate surface area is 175 Å². The predicted octanol–water partition coefficient (Wildman–Crippen LogP) is 2.69. The highest BCUT2D eigenvalue weighted by Crippen LogP contribution is 2.16. The van der Waals surface area contributed by atoms with E-state index in [1.54, 1.807) is 0 Å². The van der Waals surface area contributed by atoms with E-state index < -0.39 is 0 Å². The molecule has 1 unspecified atom stereocenters. The van der Waals surface area contributed by atoms with Gasteiger partial charge in [-0.05, 0) is 43.1 Å². The largest absolute Gasteiger partial charge is 0.357 e. The van der Waals surface area contributed by atoms with Gasteiger partial charge < -0.3 is 20.4 Å². The van der Waals surface area contributed by atoms with Gasteiger partial charge in [-0.25, -0.2) is 9.98 Å². The number of aromatic nitrogens is 1. The number of nitrogens with zero attached hydrogens (tertiary/aromatic N) is 4. The summed E-state index contributed by atoms with van der Waals surface area (Å²) in [6.45, 7) is 10.9. The first-order chi connectivity index (χ1) is 14.2. The molecule has 0 radical (unpaired) electrons. The number of piperazine rings is 1. The molecule has 6 nitrogen and oxygen atoms in total. The van der Waals surface area contributed by atoms with Gasteiger partial charge in [-0.2, -0.15) is 0 Å². The van der Waals surface area contributed by atoms with Gasteiger partial charge in [0.15, 0.2) is 5.96 Å². The third-order valence-electron chi connectivity index (χ3n) is 5.35. The Hall–Kier alpha value is -2.60. The minimum atomic E-state index is 0.421. The van der Waals surface area contributed by atoms with Crippen LogP contribution in [0.25, 0.3) is 0 Å². The molecule has 2 aromatic rings. The lowest BCUT2D eigenvalue weighted by molar-refractivity contribution is 0.312. The molecule has 0 saturated carbocycles. The van der Waals surface area contributed by atoms with Crippen molar-refractivity contribution < 1.29 is 0 Å². The maximum absolute atomic E-state index is 4.79. The number of hydrogen-bond donors (Lipinski definition) is 2. The summed E-state index contributed by atoms with van der Waals surface area (Å²) in [4.78, 5) is 14.1. The smallest absolute Gasteiger partial charge is 0.191 e. The Morgan fingerprint density at radius 2 is 1.86 bits per heavy atom. The van der Waals surface area contributed by atoms with Crippen molar-refractivity contribution in [1.29, 1.82) is 0 Å². The molecule has 3 rings (SSSR count). The van der Waals surface area contributed by atoms with Crippen LogP contribution in [-0.2, 0) is 6.54 Å². The van der Waals surface area contributed by atoms with Crippen molar-refractivity contribution in [1.82, 2.24) is 20.5 Å². The number of hydrogen-bond acceptors (Lipinski definition) is 4. The quantitative estimate of drug-likeness (QED) is 0.559. The van der Waals surface area contributed by atoms with Crippen LogP contribution in [0.5, 0.6) is 0 Å². The molecular formula is C23H34N6. The number of pyridine rings is 1. The lowest BCUT2D eigenvalue weighted by Gasteiger charge is -2.33. The van der Waals surface area contributed by atoms with Crippen LogP contribution in [-0.4, -0.2) is 62.2 Å². The first-order valence-corrected chi connectivity index (χ1v) is 10.6. The van der Waals surface area contributed by atoms with Gasteiger partial charge in [-0.1, -0.05) is 37.3 Å². The highest BCUT2D eigenvalue weighted by atomic mass is 15.3. The number of anilines is 1. The topological polar surface area (TPSA) is 55.8 Å². The second kappa shape index (κ2) is 10.8. The van der Waals surface area contributed by atoms with Gasteiger partial charge in [0.1, 0.15) is 5.82 Å². The highest BCUT2D eigenvalue weighted by molar-refractivity contribution is 5.79. The standard InChI is InChI=1S/C23H34N6/c1-4-24-23(26-17-19(2)21-8-6-5-7-9-21)27-18-20-10-11-25-22(16-20)29-14-12-28(3)13-15-29/h5-11,16,19H,4,12-15,17-18H2,1-3H3,(H2,24,26,27). The number of aliphatic imine (C=N–C) groups is 1. The van der Waals surface area contributed by atoms with Crippen LogP contribution in [0.3, 0.4) is 0 Å². The van der Waals surface area contributed by atoms with Crippen LogP contribution in [0.1, 0.15) is 30.9 Å². The number of guanidine groups is 1.